The van der Waals surface area contributed by atoms with E-state index in [0.29, 0.717) is 0 Å². The van der Waals surface area contributed by atoms with Gasteiger partial charge in [0.05, 0.1) is 0 Å². The normalized spacial score (nSPS) is 15.3. The van der Waals surface area contributed by atoms with Crippen LogP contribution in [0.1, 0.15) is 24.0 Å². The molecule has 0 radical (unpaired) electrons. The lowest BCUT2D eigenvalue weighted by atomic mass is 9.97. The molecule has 0 amide bonds. The Bertz CT molecular complexity index is 497. The third-order valence-corrected chi connectivity index (χ3v) is 4.47. The van der Waals surface area contributed by atoms with Crippen molar-refractivity contribution >= 4 is 12.4 Å². The van der Waals surface area contributed by atoms with E-state index in [1.165, 1.54) is 43.6 Å². The van der Waals surface area contributed by atoms with Gasteiger partial charge in [0.2, 0.25) is 0 Å². The Morgan fingerprint density at radius 2 is 1.26 bits per heavy atom. The molecular formula is C20H27ClN2. The zero-order valence-corrected chi connectivity index (χ0v) is 14.5. The molecule has 2 aromatic rings. The van der Waals surface area contributed by atoms with Crippen LogP contribution < -0.4 is 5.32 Å². The highest BCUT2D eigenvalue weighted by Crippen LogP contribution is 2.17. The van der Waals surface area contributed by atoms with E-state index in [9.17, 15) is 0 Å². The number of piperidine rings is 1. The van der Waals surface area contributed by atoms with Gasteiger partial charge in [0.1, 0.15) is 0 Å². The number of hydrogen-bond donors (Lipinski definition) is 1. The van der Waals surface area contributed by atoms with Crippen molar-refractivity contribution in [1.29, 1.82) is 0 Å². The van der Waals surface area contributed by atoms with E-state index in [1.54, 1.807) is 0 Å². The highest BCUT2D eigenvalue weighted by atomic mass is 35.5. The van der Waals surface area contributed by atoms with Crippen molar-refractivity contribution in [2.24, 2.45) is 5.92 Å². The van der Waals surface area contributed by atoms with Gasteiger partial charge in [-0.05, 0) is 43.0 Å². The first-order chi connectivity index (χ1) is 10.9. The third kappa shape index (κ3) is 5.98. The number of halogens is 1. The second-order valence-electron chi connectivity index (χ2n) is 6.33. The second kappa shape index (κ2) is 9.71. The fourth-order valence-corrected chi connectivity index (χ4v) is 3.30. The number of nitrogens with zero attached hydrogens (tertiary/aromatic N) is 1. The van der Waals surface area contributed by atoms with Crippen LogP contribution in [0.3, 0.4) is 0 Å². The monoisotopic (exact) mass is 330 g/mol. The van der Waals surface area contributed by atoms with Gasteiger partial charge in [0, 0.05) is 19.6 Å². The van der Waals surface area contributed by atoms with Gasteiger partial charge in [-0.25, -0.2) is 0 Å². The lowest BCUT2D eigenvalue weighted by Crippen LogP contribution is -2.35. The summed E-state index contributed by atoms with van der Waals surface area (Å²) in [6.45, 7) is 5.63. The first-order valence-corrected chi connectivity index (χ1v) is 8.41. The standard InChI is InChI=1S/C20H26N2.ClH/c1-3-7-18(8-4-1)15-22(16-19-9-5-2-6-10-19)17-20-11-13-21-14-12-20;/h1-10,20-21H,11-17H2;1H. The molecule has 3 rings (SSSR count). The maximum absolute atomic E-state index is 3.47. The van der Waals surface area contributed by atoms with Gasteiger partial charge in [-0.2, -0.15) is 0 Å². The molecule has 1 saturated heterocycles. The summed E-state index contributed by atoms with van der Waals surface area (Å²) in [4.78, 5) is 2.61. The molecule has 0 aromatic heterocycles. The van der Waals surface area contributed by atoms with E-state index >= 15 is 0 Å². The van der Waals surface area contributed by atoms with E-state index in [1.807, 2.05) is 0 Å². The molecule has 2 nitrogen and oxygen atoms in total. The summed E-state index contributed by atoms with van der Waals surface area (Å²) < 4.78 is 0. The summed E-state index contributed by atoms with van der Waals surface area (Å²) in [5.41, 5.74) is 2.82. The molecule has 0 saturated carbocycles. The summed E-state index contributed by atoms with van der Waals surface area (Å²) in [6.07, 6.45) is 2.61. The topological polar surface area (TPSA) is 15.3 Å². The molecule has 1 fully saturated rings. The maximum atomic E-state index is 3.47. The van der Waals surface area contributed by atoms with Crippen LogP contribution in [0, 0.1) is 5.92 Å². The summed E-state index contributed by atoms with van der Waals surface area (Å²) >= 11 is 0. The number of nitrogens with one attached hydrogen (secondary N) is 1. The largest absolute Gasteiger partial charge is 0.317 e. The van der Waals surface area contributed by atoms with E-state index < -0.39 is 0 Å². The van der Waals surface area contributed by atoms with E-state index in [4.69, 9.17) is 0 Å². The van der Waals surface area contributed by atoms with E-state index in [2.05, 4.69) is 70.9 Å². The second-order valence-corrected chi connectivity index (χ2v) is 6.33. The summed E-state index contributed by atoms with van der Waals surface area (Å²) in [7, 11) is 0. The molecule has 1 aliphatic rings. The smallest absolute Gasteiger partial charge is 0.0237 e. The first kappa shape index (κ1) is 18.0. The Kier molecular flexibility index (Phi) is 7.60. The fourth-order valence-electron chi connectivity index (χ4n) is 3.30. The van der Waals surface area contributed by atoms with Crippen molar-refractivity contribution in [2.45, 2.75) is 25.9 Å². The van der Waals surface area contributed by atoms with Crippen LogP contribution in [-0.2, 0) is 13.1 Å². The Morgan fingerprint density at radius 1 is 0.783 bits per heavy atom. The molecule has 0 unspecified atom stereocenters. The average molecular weight is 331 g/mol. The highest BCUT2D eigenvalue weighted by Gasteiger charge is 2.17. The summed E-state index contributed by atoms with van der Waals surface area (Å²) in [6, 6.07) is 21.7. The quantitative estimate of drug-likeness (QED) is 0.857. The van der Waals surface area contributed by atoms with Crippen LogP contribution >= 0.6 is 12.4 Å². The minimum absolute atomic E-state index is 0. The minimum Gasteiger partial charge on any atom is -0.317 e. The van der Waals surface area contributed by atoms with Crippen molar-refractivity contribution in [3.8, 4) is 0 Å². The van der Waals surface area contributed by atoms with Crippen molar-refractivity contribution in [2.75, 3.05) is 19.6 Å². The molecule has 1 N–H and O–H groups in total. The van der Waals surface area contributed by atoms with Gasteiger partial charge in [0.25, 0.3) is 0 Å². The van der Waals surface area contributed by atoms with Gasteiger partial charge in [-0.15, -0.1) is 12.4 Å². The van der Waals surface area contributed by atoms with Gasteiger partial charge in [0.15, 0.2) is 0 Å². The lowest BCUT2D eigenvalue weighted by Gasteiger charge is -2.30. The molecule has 1 aliphatic heterocycles. The fraction of sp³-hybridized carbons (Fsp3) is 0.400. The maximum Gasteiger partial charge on any atom is 0.0237 e. The molecule has 124 valence electrons. The zero-order valence-electron chi connectivity index (χ0n) is 13.7. The Labute approximate surface area is 146 Å². The molecule has 0 atom stereocenters. The minimum atomic E-state index is 0. The molecule has 0 bridgehead atoms. The number of rotatable bonds is 6. The number of benzene rings is 2. The first-order valence-electron chi connectivity index (χ1n) is 8.41. The molecule has 3 heteroatoms. The Hall–Kier alpha value is -1.35. The van der Waals surface area contributed by atoms with Gasteiger partial charge in [-0.3, -0.25) is 4.90 Å². The van der Waals surface area contributed by atoms with Crippen LogP contribution in [0.5, 0.6) is 0 Å². The highest BCUT2D eigenvalue weighted by molar-refractivity contribution is 5.85. The molecule has 0 aliphatic carbocycles. The van der Waals surface area contributed by atoms with Crippen molar-refractivity contribution < 1.29 is 0 Å². The number of hydrogen-bond acceptors (Lipinski definition) is 2. The summed E-state index contributed by atoms with van der Waals surface area (Å²) in [5, 5.41) is 3.47. The van der Waals surface area contributed by atoms with E-state index in [0.717, 1.165) is 19.0 Å². The average Bonchev–Trinajstić information content (AvgIpc) is 2.57. The van der Waals surface area contributed by atoms with Crippen LogP contribution in [-0.4, -0.2) is 24.5 Å². The van der Waals surface area contributed by atoms with E-state index in [-0.39, 0.29) is 12.4 Å². The van der Waals surface area contributed by atoms with Crippen LogP contribution in [0.15, 0.2) is 60.7 Å². The molecule has 1 heterocycles. The van der Waals surface area contributed by atoms with Crippen LogP contribution in [0.4, 0.5) is 0 Å². The van der Waals surface area contributed by atoms with Crippen LogP contribution in [0.25, 0.3) is 0 Å². The predicted octanol–water partition coefficient (Wildman–Crippen LogP) is 4.11. The zero-order chi connectivity index (χ0) is 15.0. The van der Waals surface area contributed by atoms with Gasteiger partial charge >= 0.3 is 0 Å². The van der Waals surface area contributed by atoms with Gasteiger partial charge < -0.3 is 5.32 Å². The molecule has 0 spiro atoms. The molecule has 2 aromatic carbocycles. The van der Waals surface area contributed by atoms with Crippen molar-refractivity contribution in [3.63, 3.8) is 0 Å². The van der Waals surface area contributed by atoms with Gasteiger partial charge in [-0.1, -0.05) is 60.7 Å². The Balaban J connectivity index is 0.00000192. The summed E-state index contributed by atoms with van der Waals surface area (Å²) in [5.74, 6) is 0.827. The van der Waals surface area contributed by atoms with Crippen LogP contribution in [0.2, 0.25) is 0 Å². The predicted molar refractivity (Wildman–Crippen MR) is 99.8 cm³/mol. The lowest BCUT2D eigenvalue weighted by molar-refractivity contribution is 0.191. The SMILES string of the molecule is Cl.c1ccc(CN(Cc2ccccc2)CC2CCNCC2)cc1. The van der Waals surface area contributed by atoms with Crippen molar-refractivity contribution in [1.82, 2.24) is 10.2 Å². The third-order valence-electron chi connectivity index (χ3n) is 4.47. The molecular weight excluding hydrogens is 304 g/mol. The Morgan fingerprint density at radius 3 is 1.74 bits per heavy atom. The molecule has 23 heavy (non-hydrogen) atoms. The van der Waals surface area contributed by atoms with Crippen molar-refractivity contribution in [3.05, 3.63) is 71.8 Å².